The number of ether oxygens (including phenoxy) is 3. The molecule has 0 aliphatic carbocycles. The van der Waals surface area contributed by atoms with Crippen LogP contribution in [0.3, 0.4) is 0 Å². The Labute approximate surface area is 119 Å². The number of methoxy groups -OCH3 is 1. The maximum absolute atomic E-state index is 13.0. The lowest BCUT2D eigenvalue weighted by Crippen LogP contribution is -2.46. The summed E-state index contributed by atoms with van der Waals surface area (Å²) < 4.78 is 16.7. The van der Waals surface area contributed by atoms with Crippen LogP contribution >= 0.6 is 0 Å². The second kappa shape index (κ2) is 5.54. The SMILES string of the molecule is COC1(C(=O)c2cccc3c2OCCC3)CCOCC1. The Bertz CT molecular complexity index is 503. The number of ketones is 1. The van der Waals surface area contributed by atoms with E-state index in [1.807, 2.05) is 18.2 Å². The summed E-state index contributed by atoms with van der Waals surface area (Å²) >= 11 is 0. The zero-order chi connectivity index (χ0) is 14.0. The molecule has 2 heterocycles. The molecule has 108 valence electrons. The lowest BCUT2D eigenvalue weighted by molar-refractivity contribution is -0.0664. The van der Waals surface area contributed by atoms with Crippen LogP contribution in [0.15, 0.2) is 18.2 Å². The van der Waals surface area contributed by atoms with Crippen molar-refractivity contribution in [2.45, 2.75) is 31.3 Å². The minimum Gasteiger partial charge on any atom is -0.493 e. The van der Waals surface area contributed by atoms with Crippen molar-refractivity contribution >= 4 is 5.78 Å². The van der Waals surface area contributed by atoms with E-state index in [0.29, 0.717) is 38.2 Å². The third-order valence-electron chi connectivity index (χ3n) is 4.28. The van der Waals surface area contributed by atoms with Crippen LogP contribution in [0.1, 0.15) is 35.2 Å². The fourth-order valence-corrected chi connectivity index (χ4v) is 3.04. The van der Waals surface area contributed by atoms with E-state index in [4.69, 9.17) is 14.2 Å². The van der Waals surface area contributed by atoms with Crippen LogP contribution in [0.25, 0.3) is 0 Å². The molecule has 0 aromatic heterocycles. The second-order valence-corrected chi connectivity index (χ2v) is 5.39. The lowest BCUT2D eigenvalue weighted by Gasteiger charge is -2.35. The fourth-order valence-electron chi connectivity index (χ4n) is 3.04. The molecule has 2 aliphatic heterocycles. The Morgan fingerprint density at radius 2 is 2.05 bits per heavy atom. The van der Waals surface area contributed by atoms with Crippen molar-refractivity contribution in [1.29, 1.82) is 0 Å². The molecule has 0 bridgehead atoms. The number of para-hydroxylation sites is 1. The summed E-state index contributed by atoms with van der Waals surface area (Å²) in [5.74, 6) is 0.786. The molecule has 0 radical (unpaired) electrons. The number of aryl methyl sites for hydroxylation is 1. The van der Waals surface area contributed by atoms with Crippen LogP contribution < -0.4 is 4.74 Å². The highest BCUT2D eigenvalue weighted by atomic mass is 16.5. The van der Waals surface area contributed by atoms with Crippen LogP contribution in [0.4, 0.5) is 0 Å². The quantitative estimate of drug-likeness (QED) is 0.795. The number of benzene rings is 1. The Balaban J connectivity index is 1.97. The van der Waals surface area contributed by atoms with Gasteiger partial charge in [-0.25, -0.2) is 0 Å². The van der Waals surface area contributed by atoms with E-state index in [2.05, 4.69) is 0 Å². The van der Waals surface area contributed by atoms with Gasteiger partial charge >= 0.3 is 0 Å². The van der Waals surface area contributed by atoms with Crippen molar-refractivity contribution in [2.75, 3.05) is 26.9 Å². The summed E-state index contributed by atoms with van der Waals surface area (Å²) in [7, 11) is 1.61. The van der Waals surface area contributed by atoms with Crippen molar-refractivity contribution in [3.05, 3.63) is 29.3 Å². The van der Waals surface area contributed by atoms with Crippen LogP contribution in [-0.4, -0.2) is 38.3 Å². The van der Waals surface area contributed by atoms with Gasteiger partial charge in [-0.1, -0.05) is 12.1 Å². The van der Waals surface area contributed by atoms with E-state index in [1.54, 1.807) is 7.11 Å². The Morgan fingerprint density at radius 1 is 1.25 bits per heavy atom. The summed E-state index contributed by atoms with van der Waals surface area (Å²) in [4.78, 5) is 13.0. The third-order valence-corrected chi connectivity index (χ3v) is 4.28. The number of rotatable bonds is 3. The minimum absolute atomic E-state index is 0.0297. The molecule has 1 fully saturated rings. The van der Waals surface area contributed by atoms with Crippen LogP contribution in [-0.2, 0) is 15.9 Å². The van der Waals surface area contributed by atoms with Gasteiger partial charge in [0.05, 0.1) is 12.2 Å². The maximum atomic E-state index is 13.0. The van der Waals surface area contributed by atoms with Gasteiger partial charge in [0.15, 0.2) is 5.78 Å². The van der Waals surface area contributed by atoms with Gasteiger partial charge in [-0.2, -0.15) is 0 Å². The minimum atomic E-state index is -0.756. The standard InChI is InChI=1S/C16H20O4/c1-18-16(7-10-19-11-8-16)15(17)13-6-2-4-12-5-3-9-20-14(12)13/h2,4,6H,3,5,7-11H2,1H3. The summed E-state index contributed by atoms with van der Waals surface area (Å²) in [5, 5.41) is 0. The molecule has 0 saturated carbocycles. The Hall–Kier alpha value is -1.39. The largest absolute Gasteiger partial charge is 0.493 e. The highest BCUT2D eigenvalue weighted by Crippen LogP contribution is 2.35. The number of Topliss-reactive ketones (excluding diaryl/α,β-unsaturated/α-hetero) is 1. The average molecular weight is 276 g/mol. The number of hydrogen-bond donors (Lipinski definition) is 0. The highest BCUT2D eigenvalue weighted by Gasteiger charge is 2.42. The highest BCUT2D eigenvalue weighted by molar-refractivity contribution is 6.05. The number of hydrogen-bond acceptors (Lipinski definition) is 4. The van der Waals surface area contributed by atoms with E-state index < -0.39 is 5.60 Å². The molecular formula is C16H20O4. The molecule has 0 amide bonds. The van der Waals surface area contributed by atoms with Gasteiger partial charge in [-0.3, -0.25) is 4.79 Å². The summed E-state index contributed by atoms with van der Waals surface area (Å²) in [6.45, 7) is 1.81. The molecular weight excluding hydrogens is 256 g/mol. The van der Waals surface area contributed by atoms with Crippen molar-refractivity contribution in [1.82, 2.24) is 0 Å². The van der Waals surface area contributed by atoms with Gasteiger partial charge in [0.25, 0.3) is 0 Å². The van der Waals surface area contributed by atoms with E-state index in [1.165, 1.54) is 0 Å². The lowest BCUT2D eigenvalue weighted by atomic mass is 9.84. The van der Waals surface area contributed by atoms with E-state index in [-0.39, 0.29) is 5.78 Å². The molecule has 0 atom stereocenters. The zero-order valence-electron chi connectivity index (χ0n) is 11.8. The van der Waals surface area contributed by atoms with Gasteiger partial charge < -0.3 is 14.2 Å². The molecule has 0 spiro atoms. The Kier molecular flexibility index (Phi) is 3.76. The number of fused-ring (bicyclic) bond motifs is 1. The zero-order valence-corrected chi connectivity index (χ0v) is 11.8. The summed E-state index contributed by atoms with van der Waals surface area (Å²) in [6, 6.07) is 5.82. The second-order valence-electron chi connectivity index (χ2n) is 5.39. The molecule has 3 rings (SSSR count). The molecule has 0 unspecified atom stereocenters. The van der Waals surface area contributed by atoms with Crippen LogP contribution in [0.5, 0.6) is 5.75 Å². The molecule has 0 N–H and O–H groups in total. The predicted octanol–water partition coefficient (Wildman–Crippen LogP) is 2.39. The third kappa shape index (κ3) is 2.23. The maximum Gasteiger partial charge on any atom is 0.198 e. The van der Waals surface area contributed by atoms with Gasteiger partial charge in [0, 0.05) is 33.2 Å². The molecule has 1 saturated heterocycles. The first-order chi connectivity index (χ1) is 9.77. The molecule has 20 heavy (non-hydrogen) atoms. The summed E-state index contributed by atoms with van der Waals surface area (Å²) in [6.07, 6.45) is 3.19. The first kappa shape index (κ1) is 13.6. The smallest absolute Gasteiger partial charge is 0.198 e. The van der Waals surface area contributed by atoms with E-state index in [0.717, 1.165) is 24.2 Å². The van der Waals surface area contributed by atoms with Gasteiger partial charge in [-0.15, -0.1) is 0 Å². The van der Waals surface area contributed by atoms with Crippen molar-refractivity contribution < 1.29 is 19.0 Å². The molecule has 1 aromatic rings. The molecule has 2 aliphatic rings. The van der Waals surface area contributed by atoms with E-state index >= 15 is 0 Å². The molecule has 4 nitrogen and oxygen atoms in total. The first-order valence-electron chi connectivity index (χ1n) is 7.19. The number of carbonyl (C=O) groups is 1. The fraction of sp³-hybridized carbons (Fsp3) is 0.562. The van der Waals surface area contributed by atoms with Gasteiger partial charge in [-0.05, 0) is 24.5 Å². The van der Waals surface area contributed by atoms with Crippen LogP contribution in [0.2, 0.25) is 0 Å². The Morgan fingerprint density at radius 3 is 2.80 bits per heavy atom. The van der Waals surface area contributed by atoms with Crippen molar-refractivity contribution in [2.24, 2.45) is 0 Å². The predicted molar refractivity (Wildman–Crippen MR) is 74.4 cm³/mol. The summed E-state index contributed by atoms with van der Waals surface area (Å²) in [5.41, 5.74) is 1.03. The average Bonchev–Trinajstić information content (AvgIpc) is 2.54. The van der Waals surface area contributed by atoms with E-state index in [9.17, 15) is 4.79 Å². The molecule has 1 aromatic carbocycles. The van der Waals surface area contributed by atoms with Crippen molar-refractivity contribution in [3.8, 4) is 5.75 Å². The van der Waals surface area contributed by atoms with Crippen LogP contribution in [0, 0.1) is 0 Å². The normalized spacial score (nSPS) is 20.9. The van der Waals surface area contributed by atoms with Gasteiger partial charge in [0.1, 0.15) is 11.4 Å². The van der Waals surface area contributed by atoms with Crippen molar-refractivity contribution in [3.63, 3.8) is 0 Å². The number of carbonyl (C=O) groups excluding carboxylic acids is 1. The van der Waals surface area contributed by atoms with Gasteiger partial charge in [0.2, 0.25) is 0 Å². The monoisotopic (exact) mass is 276 g/mol. The first-order valence-corrected chi connectivity index (χ1v) is 7.19. The molecule has 4 heteroatoms. The topological polar surface area (TPSA) is 44.8 Å².